The zero-order valence-electron chi connectivity index (χ0n) is 37.9. The molecule has 2 aromatic heterocycles. The van der Waals surface area contributed by atoms with Crippen LogP contribution in [-0.2, 0) is 0 Å². The van der Waals surface area contributed by atoms with E-state index < -0.39 is 0 Å². The van der Waals surface area contributed by atoms with Crippen LogP contribution in [0.5, 0.6) is 0 Å². The van der Waals surface area contributed by atoms with Crippen molar-refractivity contribution >= 4 is 125 Å². The van der Waals surface area contributed by atoms with Crippen molar-refractivity contribution in [2.75, 3.05) is 9.80 Å². The molecule has 0 saturated heterocycles. The molecule has 1 atom stereocenters. The maximum absolute atomic E-state index is 2.60. The molecule has 0 N–H and O–H groups in total. The first kappa shape index (κ1) is 40.1. The average molecular weight is 917 g/mol. The van der Waals surface area contributed by atoms with E-state index in [0.717, 1.165) is 17.8 Å². The molecule has 0 fully saturated rings. The van der Waals surface area contributed by atoms with E-state index in [9.17, 15) is 0 Å². The van der Waals surface area contributed by atoms with Crippen LogP contribution in [0.4, 0.5) is 28.4 Å². The third-order valence-electron chi connectivity index (χ3n) is 14.3. The van der Waals surface area contributed by atoms with Crippen molar-refractivity contribution in [1.29, 1.82) is 0 Å². The zero-order valence-corrected chi connectivity index (χ0v) is 39.6. The second kappa shape index (κ2) is 16.1. The fourth-order valence-electron chi connectivity index (χ4n) is 11.2. The monoisotopic (exact) mass is 916 g/mol. The van der Waals surface area contributed by atoms with Gasteiger partial charge in [-0.3, -0.25) is 0 Å². The van der Waals surface area contributed by atoms with Crippen molar-refractivity contribution in [3.8, 4) is 22.3 Å². The lowest BCUT2D eigenvalue weighted by Gasteiger charge is -2.32. The summed E-state index contributed by atoms with van der Waals surface area (Å²) in [6.07, 6.45) is 3.44. The van der Waals surface area contributed by atoms with Crippen molar-refractivity contribution in [3.63, 3.8) is 0 Å². The molecule has 4 heteroatoms. The Balaban J connectivity index is 1.01. The lowest BCUT2D eigenvalue weighted by atomic mass is 9.91. The summed E-state index contributed by atoms with van der Waals surface area (Å²) in [4.78, 5) is 5.11. The summed E-state index contributed by atoms with van der Waals surface area (Å²) in [7, 11) is 0. The van der Waals surface area contributed by atoms with Crippen LogP contribution in [0, 0.1) is 5.92 Å². The molecule has 1 aliphatic rings. The van der Waals surface area contributed by atoms with Gasteiger partial charge < -0.3 is 9.80 Å². The Kier molecular flexibility index (Phi) is 9.33. The number of hydrogen-bond acceptors (Lipinski definition) is 4. The summed E-state index contributed by atoms with van der Waals surface area (Å²) in [5.41, 5.74) is 12.0. The Hall–Kier alpha value is -8.02. The summed E-state index contributed by atoms with van der Waals surface area (Å²) in [5, 5.41) is 12.8. The minimum Gasteiger partial charge on any atom is -0.312 e. The summed E-state index contributed by atoms with van der Waals surface area (Å²) in [6.45, 7) is 2.37. The average Bonchev–Trinajstić information content (AvgIpc) is 3.99. The standard InChI is InChI=1S/C65H44N2S2/c1-41-39-55-51-18-9-11-22-61(51)69-65(55)59(40-41)67(49-33-25-45(26-34-49)43-15-6-3-7-16-43)57-38-30-47-27-35-53-56(37-29-46-28-36-54(57)63(47)62(46)53)66(48-31-23-44(24-32-48)42-13-4-2-5-14-42)58-20-12-19-52-50-17-8-10-21-60(50)68-64(52)58/h2-39,41H,40H2,1H3. The Morgan fingerprint density at radius 1 is 0.377 bits per heavy atom. The fraction of sp³-hybridized carbons (Fsp3) is 0.0462. The number of nitrogens with zero attached hydrogens (tertiary/aromatic N) is 2. The second-order valence-corrected chi connectivity index (χ2v) is 20.6. The Morgan fingerprint density at radius 2 is 0.870 bits per heavy atom. The maximum Gasteiger partial charge on any atom is 0.0640 e. The molecule has 11 aromatic carbocycles. The Bertz CT molecular complexity index is 4230. The third-order valence-corrected chi connectivity index (χ3v) is 16.8. The van der Waals surface area contributed by atoms with E-state index in [-0.39, 0.29) is 0 Å². The van der Waals surface area contributed by atoms with Gasteiger partial charge in [-0.25, -0.2) is 0 Å². The third kappa shape index (κ3) is 6.51. The molecule has 0 aliphatic heterocycles. The molecular weight excluding hydrogens is 873 g/mol. The molecular formula is C65H44N2S2. The molecule has 2 heterocycles. The van der Waals surface area contributed by atoms with Crippen LogP contribution in [0.2, 0.25) is 0 Å². The molecule has 14 rings (SSSR count). The molecule has 1 aliphatic carbocycles. The first-order chi connectivity index (χ1) is 34.1. The summed E-state index contributed by atoms with van der Waals surface area (Å²) in [5.74, 6) is 0.372. The Morgan fingerprint density at radius 3 is 1.49 bits per heavy atom. The molecule has 69 heavy (non-hydrogen) atoms. The molecule has 0 radical (unpaired) electrons. The first-order valence-electron chi connectivity index (χ1n) is 23.9. The normalized spacial score (nSPS) is 13.8. The van der Waals surface area contributed by atoms with Gasteiger partial charge in [-0.05, 0) is 116 Å². The van der Waals surface area contributed by atoms with Gasteiger partial charge in [0.25, 0.3) is 0 Å². The van der Waals surface area contributed by atoms with Crippen LogP contribution in [0.1, 0.15) is 13.3 Å². The number of thiophene rings is 2. The number of fused-ring (bicyclic) bond motifs is 6. The van der Waals surface area contributed by atoms with Crippen LogP contribution >= 0.6 is 22.7 Å². The molecule has 2 nitrogen and oxygen atoms in total. The van der Waals surface area contributed by atoms with Crippen LogP contribution < -0.4 is 19.6 Å². The predicted molar refractivity (Wildman–Crippen MR) is 300 cm³/mol. The van der Waals surface area contributed by atoms with Crippen molar-refractivity contribution in [2.45, 2.75) is 13.3 Å². The van der Waals surface area contributed by atoms with Crippen LogP contribution in [-0.4, -0.2) is 0 Å². The quantitative estimate of drug-likeness (QED) is 0.140. The smallest absolute Gasteiger partial charge is 0.0640 e. The number of benzene rings is 11. The largest absolute Gasteiger partial charge is 0.312 e. The van der Waals surface area contributed by atoms with E-state index in [0.29, 0.717) is 5.92 Å². The van der Waals surface area contributed by atoms with E-state index >= 15 is 0 Å². The Labute approximate surface area is 408 Å². The lowest BCUT2D eigenvalue weighted by Crippen LogP contribution is -2.34. The highest BCUT2D eigenvalue weighted by molar-refractivity contribution is 7.26. The molecule has 13 aromatic rings. The number of hydrogen-bond donors (Lipinski definition) is 0. The van der Waals surface area contributed by atoms with Gasteiger partial charge in [0, 0.05) is 53.4 Å². The second-order valence-electron chi connectivity index (χ2n) is 18.5. The predicted octanol–water partition coefficient (Wildman–Crippen LogP) is 17.7. The van der Waals surface area contributed by atoms with E-state index in [1.807, 2.05) is 22.7 Å². The van der Waals surface area contributed by atoms with Crippen molar-refractivity contribution in [1.82, 2.24) is 0 Å². The van der Waals surface area contributed by atoms with E-state index in [1.165, 1.54) is 117 Å². The first-order valence-corrected chi connectivity index (χ1v) is 25.5. The van der Waals surface area contributed by atoms with E-state index in [4.69, 9.17) is 0 Å². The van der Waals surface area contributed by atoms with Crippen LogP contribution in [0.15, 0.2) is 224 Å². The molecule has 0 spiro atoms. The van der Waals surface area contributed by atoms with E-state index in [2.05, 4.69) is 247 Å². The van der Waals surface area contributed by atoms with Gasteiger partial charge >= 0.3 is 0 Å². The topological polar surface area (TPSA) is 6.48 Å². The molecule has 0 bridgehead atoms. The zero-order chi connectivity index (χ0) is 45.6. The fourth-order valence-corrected chi connectivity index (χ4v) is 13.6. The minimum absolute atomic E-state index is 0.372. The molecule has 0 amide bonds. The van der Waals surface area contributed by atoms with Crippen LogP contribution in [0.3, 0.4) is 0 Å². The van der Waals surface area contributed by atoms with Crippen molar-refractivity contribution in [2.24, 2.45) is 5.92 Å². The van der Waals surface area contributed by atoms with Gasteiger partial charge in [0.05, 0.1) is 26.3 Å². The maximum atomic E-state index is 2.60. The lowest BCUT2D eigenvalue weighted by molar-refractivity contribution is 0.777. The van der Waals surface area contributed by atoms with Gasteiger partial charge in [0.1, 0.15) is 0 Å². The highest BCUT2D eigenvalue weighted by Crippen LogP contribution is 2.50. The molecule has 326 valence electrons. The number of anilines is 5. The molecule has 1 unspecified atom stereocenters. The van der Waals surface area contributed by atoms with E-state index in [1.54, 1.807) is 0 Å². The highest BCUT2D eigenvalue weighted by atomic mass is 32.1. The summed E-state index contributed by atoms with van der Waals surface area (Å²) >= 11 is 3.81. The van der Waals surface area contributed by atoms with Gasteiger partial charge in [-0.15, -0.1) is 22.7 Å². The van der Waals surface area contributed by atoms with Crippen molar-refractivity contribution in [3.05, 3.63) is 234 Å². The van der Waals surface area contributed by atoms with Gasteiger partial charge in [0.15, 0.2) is 0 Å². The summed E-state index contributed by atoms with van der Waals surface area (Å²) < 4.78 is 5.27. The van der Waals surface area contributed by atoms with Crippen molar-refractivity contribution < 1.29 is 0 Å². The van der Waals surface area contributed by atoms with Crippen LogP contribution in [0.25, 0.3) is 96.6 Å². The van der Waals surface area contributed by atoms with Gasteiger partial charge in [-0.2, -0.15) is 0 Å². The van der Waals surface area contributed by atoms with Gasteiger partial charge in [-0.1, -0.05) is 183 Å². The number of rotatable bonds is 8. The SMILES string of the molecule is CC1C=c2c(sc3ccccc23)=C(N(c2ccc(-c3ccccc3)cc2)c2ccc3ccc4c(N(c5ccc(-c6ccccc6)cc5)c5cccc6c5sc5ccccc56)ccc5ccc2c3c54)C1. The highest BCUT2D eigenvalue weighted by Gasteiger charge is 2.27. The van der Waals surface area contributed by atoms with Gasteiger partial charge in [0.2, 0.25) is 0 Å². The minimum atomic E-state index is 0.372. The molecule has 0 saturated carbocycles. The summed E-state index contributed by atoms with van der Waals surface area (Å²) in [6, 6.07) is 83.3.